The molecule has 0 spiro atoms. The quantitative estimate of drug-likeness (QED) is 0.267. The van der Waals surface area contributed by atoms with Crippen LogP contribution in [0.5, 0.6) is 11.8 Å². The van der Waals surface area contributed by atoms with E-state index in [1.54, 1.807) is 42.7 Å². The fraction of sp³-hybridized carbons (Fsp3) is 0.241. The zero-order valence-electron chi connectivity index (χ0n) is 21.5. The van der Waals surface area contributed by atoms with Crippen LogP contribution in [0.2, 0.25) is 0 Å². The van der Waals surface area contributed by atoms with Gasteiger partial charge in [-0.2, -0.15) is 4.98 Å². The van der Waals surface area contributed by atoms with Gasteiger partial charge in [0.25, 0.3) is 0 Å². The van der Waals surface area contributed by atoms with Crippen molar-refractivity contribution in [1.82, 2.24) is 15.0 Å². The number of pyridine rings is 1. The molecule has 9 heteroatoms. The number of nitrogens with one attached hydrogen (secondary N) is 1. The molecule has 0 saturated heterocycles. The van der Waals surface area contributed by atoms with Crippen molar-refractivity contribution >= 4 is 17.5 Å². The lowest BCUT2D eigenvalue weighted by Gasteiger charge is -2.22. The number of ether oxygens (including phenoxy) is 2. The highest BCUT2D eigenvalue weighted by Crippen LogP contribution is 2.30. The highest BCUT2D eigenvalue weighted by molar-refractivity contribution is 5.71. The van der Waals surface area contributed by atoms with Crippen LogP contribution in [0.1, 0.15) is 49.9 Å². The van der Waals surface area contributed by atoms with Crippen LogP contribution < -0.4 is 15.8 Å². The van der Waals surface area contributed by atoms with Crippen molar-refractivity contribution in [2.24, 2.45) is 0 Å². The van der Waals surface area contributed by atoms with E-state index in [9.17, 15) is 9.18 Å². The summed E-state index contributed by atoms with van der Waals surface area (Å²) in [5, 5.41) is 3.22. The maximum atomic E-state index is 13.6. The summed E-state index contributed by atoms with van der Waals surface area (Å²) in [6, 6.07) is 18.8. The van der Waals surface area contributed by atoms with Crippen LogP contribution >= 0.6 is 0 Å². The number of hydrogen-bond acceptors (Lipinski definition) is 8. The van der Waals surface area contributed by atoms with E-state index in [2.05, 4.69) is 20.3 Å². The van der Waals surface area contributed by atoms with Crippen LogP contribution in [-0.4, -0.2) is 26.5 Å². The Kier molecular flexibility index (Phi) is 8.15. The topological polar surface area (TPSA) is 112 Å². The van der Waals surface area contributed by atoms with E-state index >= 15 is 0 Å². The second kappa shape index (κ2) is 11.7. The van der Waals surface area contributed by atoms with Crippen molar-refractivity contribution < 1.29 is 18.7 Å². The number of aromatic nitrogens is 3. The third-order valence-electron chi connectivity index (χ3n) is 5.47. The Labute approximate surface area is 221 Å². The first kappa shape index (κ1) is 26.5. The molecule has 3 N–H and O–H groups in total. The minimum absolute atomic E-state index is 0.0307. The molecule has 0 bridgehead atoms. The number of esters is 1. The number of nitrogens with zero attached hydrogens (tertiary/aromatic N) is 3. The molecule has 4 aromatic rings. The first-order valence-electron chi connectivity index (χ1n) is 12.2. The molecule has 2 aromatic heterocycles. The first-order valence-corrected chi connectivity index (χ1v) is 12.2. The van der Waals surface area contributed by atoms with Gasteiger partial charge in [0.1, 0.15) is 23.0 Å². The van der Waals surface area contributed by atoms with E-state index in [0.717, 1.165) is 11.1 Å². The maximum Gasteiger partial charge on any atom is 0.322 e. The maximum absolute atomic E-state index is 13.6. The smallest absolute Gasteiger partial charge is 0.322 e. The molecule has 2 heterocycles. The summed E-state index contributed by atoms with van der Waals surface area (Å²) in [5.41, 5.74) is 8.11. The average Bonchev–Trinajstić information content (AvgIpc) is 2.87. The van der Waals surface area contributed by atoms with Gasteiger partial charge in [-0.3, -0.25) is 4.79 Å². The van der Waals surface area contributed by atoms with Gasteiger partial charge in [0.05, 0.1) is 12.1 Å². The van der Waals surface area contributed by atoms with E-state index in [-0.39, 0.29) is 24.2 Å². The van der Waals surface area contributed by atoms with Crippen LogP contribution in [0.4, 0.5) is 15.9 Å². The molecule has 0 aliphatic heterocycles. The Bertz CT molecular complexity index is 1370. The Morgan fingerprint density at radius 3 is 2.39 bits per heavy atom. The summed E-state index contributed by atoms with van der Waals surface area (Å²) in [7, 11) is 0. The molecule has 38 heavy (non-hydrogen) atoms. The molecule has 2 aromatic carbocycles. The highest BCUT2D eigenvalue weighted by Gasteiger charge is 2.24. The van der Waals surface area contributed by atoms with E-state index < -0.39 is 11.5 Å². The van der Waals surface area contributed by atoms with Gasteiger partial charge < -0.3 is 20.5 Å². The number of nitrogen functional groups attached to an aromatic ring is 1. The van der Waals surface area contributed by atoms with Crippen molar-refractivity contribution in [2.45, 2.75) is 45.3 Å². The Morgan fingerprint density at radius 1 is 1.00 bits per heavy atom. The van der Waals surface area contributed by atoms with E-state index in [1.165, 1.54) is 12.1 Å². The molecule has 1 unspecified atom stereocenters. The van der Waals surface area contributed by atoms with Crippen LogP contribution in [0, 0.1) is 5.82 Å². The molecule has 8 nitrogen and oxygen atoms in total. The predicted molar refractivity (Wildman–Crippen MR) is 143 cm³/mol. The molecule has 0 fully saturated rings. The number of carbonyl (C=O) groups is 1. The summed E-state index contributed by atoms with van der Waals surface area (Å²) in [6.45, 7) is 5.99. The number of halogens is 1. The van der Waals surface area contributed by atoms with Gasteiger partial charge in [0.15, 0.2) is 0 Å². The van der Waals surface area contributed by atoms with Gasteiger partial charge in [0, 0.05) is 36.6 Å². The minimum Gasteiger partial charge on any atom is -0.460 e. The van der Waals surface area contributed by atoms with Crippen LogP contribution in [0.15, 0.2) is 79.1 Å². The van der Waals surface area contributed by atoms with Crippen LogP contribution in [0.25, 0.3) is 0 Å². The number of rotatable bonds is 9. The van der Waals surface area contributed by atoms with Crippen LogP contribution in [-0.2, 0) is 16.1 Å². The van der Waals surface area contributed by atoms with Crippen molar-refractivity contribution in [3.05, 3.63) is 102 Å². The normalized spacial score (nSPS) is 12.0. The highest BCUT2D eigenvalue weighted by atomic mass is 19.1. The number of anilines is 2. The molecule has 1 atom stereocenters. The largest absolute Gasteiger partial charge is 0.460 e. The molecule has 0 amide bonds. The second-order valence-electron chi connectivity index (χ2n) is 9.73. The molecular weight excluding hydrogens is 485 g/mol. The van der Waals surface area contributed by atoms with Gasteiger partial charge in [-0.25, -0.2) is 14.4 Å². The van der Waals surface area contributed by atoms with E-state index in [4.69, 9.17) is 15.2 Å². The monoisotopic (exact) mass is 515 g/mol. The van der Waals surface area contributed by atoms with Crippen LogP contribution in [0.3, 0.4) is 0 Å². The molecule has 0 aliphatic rings. The number of nitrogens with two attached hydrogens (primary N) is 1. The number of carbonyl (C=O) groups excluding carboxylic acids is 1. The Hall–Kier alpha value is -4.53. The molecular formula is C29H30FN5O3. The van der Waals surface area contributed by atoms with Gasteiger partial charge in [-0.15, -0.1) is 0 Å². The van der Waals surface area contributed by atoms with Gasteiger partial charge in [0.2, 0.25) is 0 Å². The third-order valence-corrected chi connectivity index (χ3v) is 5.47. The lowest BCUT2D eigenvalue weighted by Crippen LogP contribution is -2.25. The average molecular weight is 516 g/mol. The predicted octanol–water partition coefficient (Wildman–Crippen LogP) is 5.86. The molecule has 0 saturated carbocycles. The van der Waals surface area contributed by atoms with Gasteiger partial charge in [-0.1, -0.05) is 24.3 Å². The molecule has 0 radical (unpaired) electrons. The summed E-state index contributed by atoms with van der Waals surface area (Å²) in [6.07, 6.45) is 3.25. The van der Waals surface area contributed by atoms with Crippen molar-refractivity contribution in [1.29, 1.82) is 0 Å². The zero-order valence-corrected chi connectivity index (χ0v) is 21.5. The Morgan fingerprint density at radius 2 is 1.71 bits per heavy atom. The lowest BCUT2D eigenvalue weighted by atomic mass is 9.92. The summed E-state index contributed by atoms with van der Waals surface area (Å²) in [5.74, 6) is 0.0331. The molecule has 0 aliphatic carbocycles. The second-order valence-corrected chi connectivity index (χ2v) is 9.73. The van der Waals surface area contributed by atoms with Crippen molar-refractivity contribution in [3.63, 3.8) is 0 Å². The van der Waals surface area contributed by atoms with E-state index in [0.29, 0.717) is 29.5 Å². The van der Waals surface area contributed by atoms with Gasteiger partial charge in [-0.05, 0) is 68.3 Å². The summed E-state index contributed by atoms with van der Waals surface area (Å²) in [4.78, 5) is 25.7. The Balaban J connectivity index is 1.48. The summed E-state index contributed by atoms with van der Waals surface area (Å²) < 4.78 is 25.0. The number of benzene rings is 2. The summed E-state index contributed by atoms with van der Waals surface area (Å²) >= 11 is 0. The fourth-order valence-corrected chi connectivity index (χ4v) is 3.75. The third kappa shape index (κ3) is 7.73. The molecule has 196 valence electrons. The zero-order chi connectivity index (χ0) is 27.1. The van der Waals surface area contributed by atoms with Gasteiger partial charge >= 0.3 is 12.0 Å². The first-order chi connectivity index (χ1) is 18.1. The standard InChI is InChI=1S/C29H30FN5O3/c1-29(2,3)38-27(36)17-24(20-6-8-21(30)9-7-20)25-13-15-33-28(35-25)37-23-10-4-19(5-11-23)18-34-26-16-22(31)12-14-32-26/h4-16,24H,17-18H2,1-3H3,(H3,31,32,34). The SMILES string of the molecule is CC(C)(C)OC(=O)CC(c1ccc(F)cc1)c1ccnc(Oc2ccc(CNc3cc(N)ccn3)cc2)n1. The fourth-order valence-electron chi connectivity index (χ4n) is 3.75. The van der Waals surface area contributed by atoms with Crippen molar-refractivity contribution in [3.8, 4) is 11.8 Å². The van der Waals surface area contributed by atoms with Crippen molar-refractivity contribution in [2.75, 3.05) is 11.1 Å². The number of hydrogen-bond donors (Lipinski definition) is 2. The molecule has 4 rings (SSSR count). The minimum atomic E-state index is -0.628. The van der Waals surface area contributed by atoms with E-state index in [1.807, 2.05) is 45.0 Å². The lowest BCUT2D eigenvalue weighted by molar-refractivity contribution is -0.155.